The van der Waals surface area contributed by atoms with Gasteiger partial charge in [-0.1, -0.05) is 41.9 Å². The largest absolute Gasteiger partial charge is 0.494 e. The Labute approximate surface area is 175 Å². The molecule has 1 aliphatic heterocycles. The number of aromatic nitrogens is 3. The van der Waals surface area contributed by atoms with Gasteiger partial charge in [-0.2, -0.15) is 5.10 Å². The zero-order valence-electron chi connectivity index (χ0n) is 16.3. The van der Waals surface area contributed by atoms with Crippen molar-refractivity contribution in [3.63, 3.8) is 0 Å². The highest BCUT2D eigenvalue weighted by Crippen LogP contribution is 2.38. The molecule has 7 heteroatoms. The first kappa shape index (κ1) is 19.9. The van der Waals surface area contributed by atoms with Gasteiger partial charge in [0.25, 0.3) is 0 Å². The molecule has 29 heavy (non-hydrogen) atoms. The second-order valence-corrected chi connectivity index (χ2v) is 7.42. The zero-order chi connectivity index (χ0) is 20.1. The van der Waals surface area contributed by atoms with Crippen molar-refractivity contribution in [2.75, 3.05) is 13.2 Å². The van der Waals surface area contributed by atoms with Crippen molar-refractivity contribution in [1.82, 2.24) is 14.8 Å². The van der Waals surface area contributed by atoms with E-state index in [0.29, 0.717) is 24.8 Å². The van der Waals surface area contributed by atoms with Gasteiger partial charge in [-0.05, 0) is 43.5 Å². The van der Waals surface area contributed by atoms with Crippen LogP contribution in [0.5, 0.6) is 5.75 Å². The Bertz CT molecular complexity index is 917. The van der Waals surface area contributed by atoms with E-state index in [0.717, 1.165) is 24.2 Å². The molecule has 1 aliphatic rings. The lowest BCUT2D eigenvalue weighted by molar-refractivity contribution is -0.189. The fourth-order valence-corrected chi connectivity index (χ4v) is 3.71. The van der Waals surface area contributed by atoms with Crippen molar-refractivity contribution in [3.8, 4) is 5.75 Å². The molecule has 3 aromatic rings. The molecule has 2 unspecified atom stereocenters. The van der Waals surface area contributed by atoms with Crippen molar-refractivity contribution < 1.29 is 14.2 Å². The van der Waals surface area contributed by atoms with E-state index in [-0.39, 0.29) is 6.10 Å². The fourth-order valence-electron chi connectivity index (χ4n) is 3.59. The van der Waals surface area contributed by atoms with Gasteiger partial charge in [0.15, 0.2) is 0 Å². The van der Waals surface area contributed by atoms with Crippen LogP contribution in [0, 0.1) is 0 Å². The molecule has 6 nitrogen and oxygen atoms in total. The molecule has 0 spiro atoms. The molecule has 0 N–H and O–H groups in total. The second-order valence-electron chi connectivity index (χ2n) is 6.98. The molecule has 0 radical (unpaired) electrons. The summed E-state index contributed by atoms with van der Waals surface area (Å²) in [5, 5.41) is 4.89. The van der Waals surface area contributed by atoms with Crippen molar-refractivity contribution in [1.29, 1.82) is 0 Å². The lowest BCUT2D eigenvalue weighted by Gasteiger charge is -2.28. The molecule has 1 fully saturated rings. The van der Waals surface area contributed by atoms with Gasteiger partial charge in [-0.15, -0.1) is 0 Å². The molecule has 0 saturated carbocycles. The van der Waals surface area contributed by atoms with Crippen LogP contribution in [0.2, 0.25) is 5.02 Å². The number of nitrogens with zero attached hydrogens (tertiary/aromatic N) is 3. The van der Waals surface area contributed by atoms with E-state index in [2.05, 4.69) is 16.1 Å². The van der Waals surface area contributed by atoms with Gasteiger partial charge in [0, 0.05) is 10.6 Å². The minimum Gasteiger partial charge on any atom is -0.494 e. The van der Waals surface area contributed by atoms with Gasteiger partial charge in [-0.3, -0.25) is 0 Å². The molecule has 1 aromatic heterocycles. The molecule has 0 amide bonds. The minimum atomic E-state index is -0.914. The number of hydrogen-bond donors (Lipinski definition) is 0. The molecular formula is C22H24ClN3O3. The van der Waals surface area contributed by atoms with E-state index in [1.165, 1.54) is 11.9 Å². The third-order valence-electron chi connectivity index (χ3n) is 4.99. The number of aryl methyl sites for hydroxylation is 1. The molecule has 0 aliphatic carbocycles. The van der Waals surface area contributed by atoms with Gasteiger partial charge in [0.2, 0.25) is 5.79 Å². The predicted molar refractivity (Wildman–Crippen MR) is 110 cm³/mol. The maximum Gasteiger partial charge on any atom is 0.215 e. The number of rotatable bonds is 8. The standard InChI is InChI=1S/C22H24ClN3O3/c1-2-27-21-6-4-3-5-17(21)7-12-20-13-28-22(29-20,14-26-16-24-15-25-26)18-8-10-19(23)11-9-18/h3-6,8-11,15-16,20H,2,7,12-14H2,1H3. The normalized spacial score (nSPS) is 21.4. The number of hydrogen-bond acceptors (Lipinski definition) is 5. The monoisotopic (exact) mass is 413 g/mol. The van der Waals surface area contributed by atoms with Gasteiger partial charge in [0.05, 0.1) is 19.3 Å². The number of benzene rings is 2. The Morgan fingerprint density at radius 2 is 2.03 bits per heavy atom. The van der Waals surface area contributed by atoms with E-state index < -0.39 is 5.79 Å². The van der Waals surface area contributed by atoms with Crippen molar-refractivity contribution >= 4 is 11.6 Å². The number of para-hydroxylation sites is 1. The van der Waals surface area contributed by atoms with E-state index in [9.17, 15) is 0 Å². The van der Waals surface area contributed by atoms with Gasteiger partial charge < -0.3 is 14.2 Å². The lowest BCUT2D eigenvalue weighted by Crippen LogP contribution is -2.34. The molecule has 4 rings (SSSR count). The summed E-state index contributed by atoms with van der Waals surface area (Å²) in [6, 6.07) is 15.7. The summed E-state index contributed by atoms with van der Waals surface area (Å²) in [4.78, 5) is 4.03. The zero-order valence-corrected chi connectivity index (χ0v) is 17.1. The summed E-state index contributed by atoms with van der Waals surface area (Å²) in [6.45, 7) is 3.57. The number of ether oxygens (including phenoxy) is 3. The first-order chi connectivity index (χ1) is 14.2. The van der Waals surface area contributed by atoms with Gasteiger partial charge in [0.1, 0.15) is 24.9 Å². The third-order valence-corrected chi connectivity index (χ3v) is 5.24. The predicted octanol–water partition coefficient (Wildman–Crippen LogP) is 4.23. The molecule has 2 atom stereocenters. The Morgan fingerprint density at radius 3 is 2.79 bits per heavy atom. The summed E-state index contributed by atoms with van der Waals surface area (Å²) in [6.07, 6.45) is 4.81. The van der Waals surface area contributed by atoms with Crippen molar-refractivity contribution in [2.45, 2.75) is 38.2 Å². The van der Waals surface area contributed by atoms with Gasteiger partial charge in [-0.25, -0.2) is 9.67 Å². The van der Waals surface area contributed by atoms with Crippen LogP contribution in [-0.4, -0.2) is 34.1 Å². The van der Waals surface area contributed by atoms with Crippen LogP contribution in [0.25, 0.3) is 0 Å². The summed E-state index contributed by atoms with van der Waals surface area (Å²) in [5.41, 5.74) is 2.09. The SMILES string of the molecule is CCOc1ccccc1CCC1COC(Cn2cncn2)(c2ccc(Cl)cc2)O1. The van der Waals surface area contributed by atoms with E-state index in [1.54, 1.807) is 11.0 Å². The van der Waals surface area contributed by atoms with Crippen LogP contribution in [0.15, 0.2) is 61.2 Å². The minimum absolute atomic E-state index is 0.0381. The Hall–Kier alpha value is -2.41. The topological polar surface area (TPSA) is 58.4 Å². The Balaban J connectivity index is 1.49. The summed E-state index contributed by atoms with van der Waals surface area (Å²) >= 11 is 6.07. The highest BCUT2D eigenvalue weighted by Gasteiger charge is 2.43. The second kappa shape index (κ2) is 8.95. The Kier molecular flexibility index (Phi) is 6.13. The Morgan fingerprint density at radius 1 is 1.21 bits per heavy atom. The molecule has 2 aromatic carbocycles. The van der Waals surface area contributed by atoms with Gasteiger partial charge >= 0.3 is 0 Å². The van der Waals surface area contributed by atoms with E-state index in [1.807, 2.05) is 49.4 Å². The average molecular weight is 414 g/mol. The summed E-state index contributed by atoms with van der Waals surface area (Å²) in [5.74, 6) is 0.0167. The molecule has 2 heterocycles. The quantitative estimate of drug-likeness (QED) is 0.553. The highest BCUT2D eigenvalue weighted by atomic mass is 35.5. The van der Waals surface area contributed by atoms with Crippen LogP contribution < -0.4 is 4.74 Å². The first-order valence-corrected chi connectivity index (χ1v) is 10.2. The van der Waals surface area contributed by atoms with Crippen LogP contribution >= 0.6 is 11.6 Å². The highest BCUT2D eigenvalue weighted by molar-refractivity contribution is 6.30. The van der Waals surface area contributed by atoms with E-state index in [4.69, 9.17) is 25.8 Å². The number of halogens is 1. The maximum atomic E-state index is 6.48. The summed E-state index contributed by atoms with van der Waals surface area (Å²) in [7, 11) is 0. The lowest BCUT2D eigenvalue weighted by atomic mass is 10.0. The summed E-state index contributed by atoms with van der Waals surface area (Å²) < 4.78 is 20.2. The average Bonchev–Trinajstić information content (AvgIpc) is 3.39. The molecule has 1 saturated heterocycles. The van der Waals surface area contributed by atoms with Crippen LogP contribution in [0.3, 0.4) is 0 Å². The van der Waals surface area contributed by atoms with Crippen molar-refractivity contribution in [3.05, 3.63) is 77.3 Å². The van der Waals surface area contributed by atoms with Crippen LogP contribution in [0.4, 0.5) is 0 Å². The third kappa shape index (κ3) is 4.61. The molecule has 0 bridgehead atoms. The maximum absolute atomic E-state index is 6.48. The molecule has 152 valence electrons. The fraction of sp³-hybridized carbons (Fsp3) is 0.364. The van der Waals surface area contributed by atoms with Crippen molar-refractivity contribution in [2.24, 2.45) is 0 Å². The van der Waals surface area contributed by atoms with E-state index >= 15 is 0 Å². The molecular weight excluding hydrogens is 390 g/mol. The van der Waals surface area contributed by atoms with Crippen LogP contribution in [0.1, 0.15) is 24.5 Å². The first-order valence-electron chi connectivity index (χ1n) is 9.79. The smallest absolute Gasteiger partial charge is 0.215 e. The van der Waals surface area contributed by atoms with Crippen LogP contribution in [-0.2, 0) is 28.2 Å².